The first-order valence-corrected chi connectivity index (χ1v) is 7.78. The zero-order valence-electron chi connectivity index (χ0n) is 13.3. The number of carbonyl (C=O) groups is 2. The van der Waals surface area contributed by atoms with Gasteiger partial charge in [-0.3, -0.25) is 4.79 Å². The number of hydrogen-bond acceptors (Lipinski definition) is 4. The van der Waals surface area contributed by atoms with Gasteiger partial charge in [0.15, 0.2) is 0 Å². The predicted molar refractivity (Wildman–Crippen MR) is 88.9 cm³/mol. The van der Waals surface area contributed by atoms with Gasteiger partial charge in [-0.05, 0) is 17.5 Å². The van der Waals surface area contributed by atoms with Crippen LogP contribution >= 0.6 is 0 Å². The molecule has 24 heavy (non-hydrogen) atoms. The van der Waals surface area contributed by atoms with Crippen LogP contribution in [-0.4, -0.2) is 30.4 Å². The second kappa shape index (κ2) is 9.35. The Kier molecular flexibility index (Phi) is 6.83. The van der Waals surface area contributed by atoms with Crippen LogP contribution in [0.4, 0.5) is 4.79 Å². The van der Waals surface area contributed by atoms with Crippen molar-refractivity contribution in [3.63, 3.8) is 0 Å². The Morgan fingerprint density at radius 2 is 1.50 bits per heavy atom. The van der Waals surface area contributed by atoms with Gasteiger partial charge in [-0.25, -0.2) is 4.79 Å². The van der Waals surface area contributed by atoms with E-state index in [0.29, 0.717) is 6.42 Å². The summed E-state index contributed by atoms with van der Waals surface area (Å²) in [6, 6.07) is 18.9. The summed E-state index contributed by atoms with van der Waals surface area (Å²) in [6.45, 7) is 0.231. The molecule has 0 spiro atoms. The van der Waals surface area contributed by atoms with E-state index in [-0.39, 0.29) is 25.6 Å². The lowest BCUT2D eigenvalue weighted by molar-refractivity contribution is -0.145. The number of carbonyl (C=O) groups excluding carboxylic acids is 1. The van der Waals surface area contributed by atoms with Gasteiger partial charge in [-0.15, -0.1) is 0 Å². The average Bonchev–Trinajstić information content (AvgIpc) is 2.60. The number of benzene rings is 2. The molecular weight excluding hydrogens is 308 g/mol. The number of esters is 1. The van der Waals surface area contributed by atoms with E-state index in [1.807, 2.05) is 60.7 Å². The molecular formula is C19H20O5. The number of hydrogen-bond donors (Lipinski definition) is 1. The largest absolute Gasteiger partial charge is 0.505 e. The maximum Gasteiger partial charge on any atom is 0.505 e. The molecule has 2 rings (SSSR count). The number of carboxylic acid groups (broad SMARTS) is 1. The van der Waals surface area contributed by atoms with E-state index in [4.69, 9.17) is 9.84 Å². The molecule has 0 bridgehead atoms. The Balaban J connectivity index is 1.92. The van der Waals surface area contributed by atoms with Gasteiger partial charge in [0.1, 0.15) is 0 Å². The molecule has 0 aliphatic carbocycles. The monoisotopic (exact) mass is 328 g/mol. The van der Waals surface area contributed by atoms with E-state index in [1.165, 1.54) is 0 Å². The van der Waals surface area contributed by atoms with Crippen LogP contribution in [0, 0.1) is 0 Å². The van der Waals surface area contributed by atoms with Gasteiger partial charge in [0.25, 0.3) is 0 Å². The van der Waals surface area contributed by atoms with Crippen LogP contribution in [0.3, 0.4) is 0 Å². The van der Waals surface area contributed by atoms with Gasteiger partial charge in [0, 0.05) is 6.42 Å². The fourth-order valence-electron chi connectivity index (χ4n) is 2.38. The molecule has 0 aromatic heterocycles. The van der Waals surface area contributed by atoms with Crippen LogP contribution in [-0.2, 0) is 20.7 Å². The van der Waals surface area contributed by atoms with Crippen molar-refractivity contribution in [3.8, 4) is 0 Å². The van der Waals surface area contributed by atoms with Crippen molar-refractivity contribution in [2.45, 2.75) is 18.8 Å². The van der Waals surface area contributed by atoms with Crippen LogP contribution in [0.1, 0.15) is 23.5 Å². The molecule has 1 unspecified atom stereocenters. The summed E-state index contributed by atoms with van der Waals surface area (Å²) in [5.74, 6) is -0.910. The van der Waals surface area contributed by atoms with Crippen molar-refractivity contribution in [1.82, 2.24) is 0 Å². The highest BCUT2D eigenvalue weighted by molar-refractivity contribution is 5.78. The standard InChI is InChI=1S/C19H20O5/c20-18(23-13-11-15-7-3-1-4-8-15)17(12-14-24-19(21)22)16-9-5-2-6-10-16/h1-10,17H,11-14H2,(H,21,22). The highest BCUT2D eigenvalue weighted by Crippen LogP contribution is 2.21. The molecule has 2 aromatic rings. The lowest BCUT2D eigenvalue weighted by atomic mass is 9.96. The molecule has 1 N–H and O–H groups in total. The first kappa shape index (κ1) is 17.5. The molecule has 0 aliphatic rings. The highest BCUT2D eigenvalue weighted by Gasteiger charge is 2.22. The lowest BCUT2D eigenvalue weighted by Gasteiger charge is -2.16. The third-order valence-corrected chi connectivity index (χ3v) is 3.60. The Labute approximate surface area is 140 Å². The van der Waals surface area contributed by atoms with E-state index >= 15 is 0 Å². The smallest absolute Gasteiger partial charge is 0.465 e. The van der Waals surface area contributed by atoms with Crippen LogP contribution in [0.5, 0.6) is 0 Å². The van der Waals surface area contributed by atoms with Gasteiger partial charge < -0.3 is 14.6 Å². The van der Waals surface area contributed by atoms with E-state index < -0.39 is 12.1 Å². The summed E-state index contributed by atoms with van der Waals surface area (Å²) < 4.78 is 9.90. The molecule has 126 valence electrons. The van der Waals surface area contributed by atoms with Crippen LogP contribution in [0.25, 0.3) is 0 Å². The van der Waals surface area contributed by atoms with Crippen molar-refractivity contribution in [1.29, 1.82) is 0 Å². The van der Waals surface area contributed by atoms with Crippen molar-refractivity contribution >= 4 is 12.1 Å². The first-order chi connectivity index (χ1) is 11.7. The summed E-state index contributed by atoms with van der Waals surface area (Å²) >= 11 is 0. The van der Waals surface area contributed by atoms with Crippen LogP contribution in [0.15, 0.2) is 60.7 Å². The normalized spacial score (nSPS) is 11.5. The fraction of sp³-hybridized carbons (Fsp3) is 0.263. The summed E-state index contributed by atoms with van der Waals surface area (Å²) in [6.07, 6.45) is -0.459. The molecule has 2 aromatic carbocycles. The second-order valence-electron chi connectivity index (χ2n) is 5.27. The molecule has 0 fully saturated rings. The Hall–Kier alpha value is -2.82. The quantitative estimate of drug-likeness (QED) is 0.749. The minimum atomic E-state index is -1.35. The fourth-order valence-corrected chi connectivity index (χ4v) is 2.38. The molecule has 5 heteroatoms. The summed E-state index contributed by atoms with van der Waals surface area (Å²) in [4.78, 5) is 22.9. The molecule has 0 saturated carbocycles. The minimum Gasteiger partial charge on any atom is -0.465 e. The first-order valence-electron chi connectivity index (χ1n) is 7.78. The van der Waals surface area contributed by atoms with Crippen molar-refractivity contribution in [2.75, 3.05) is 13.2 Å². The van der Waals surface area contributed by atoms with Crippen molar-refractivity contribution in [2.24, 2.45) is 0 Å². The Morgan fingerprint density at radius 3 is 2.12 bits per heavy atom. The Morgan fingerprint density at radius 1 is 0.875 bits per heavy atom. The zero-order valence-corrected chi connectivity index (χ0v) is 13.3. The third kappa shape index (κ3) is 5.76. The third-order valence-electron chi connectivity index (χ3n) is 3.60. The van der Waals surface area contributed by atoms with E-state index in [1.54, 1.807) is 0 Å². The lowest BCUT2D eigenvalue weighted by Crippen LogP contribution is -2.19. The van der Waals surface area contributed by atoms with Crippen molar-refractivity contribution in [3.05, 3.63) is 71.8 Å². The molecule has 0 saturated heterocycles. The highest BCUT2D eigenvalue weighted by atomic mass is 16.7. The predicted octanol–water partition coefficient (Wildman–Crippen LogP) is 3.64. The van der Waals surface area contributed by atoms with Crippen LogP contribution in [0.2, 0.25) is 0 Å². The van der Waals surface area contributed by atoms with E-state index in [9.17, 15) is 9.59 Å². The maximum absolute atomic E-state index is 12.4. The summed E-state index contributed by atoms with van der Waals surface area (Å²) in [5.41, 5.74) is 1.88. The Bertz CT molecular complexity index is 639. The average molecular weight is 328 g/mol. The van der Waals surface area contributed by atoms with Gasteiger partial charge >= 0.3 is 12.1 Å². The summed E-state index contributed by atoms with van der Waals surface area (Å²) in [7, 11) is 0. The van der Waals surface area contributed by atoms with Gasteiger partial charge in [0.2, 0.25) is 0 Å². The number of rotatable bonds is 8. The molecule has 0 heterocycles. The van der Waals surface area contributed by atoms with E-state index in [2.05, 4.69) is 4.74 Å². The second-order valence-corrected chi connectivity index (χ2v) is 5.27. The number of ether oxygens (including phenoxy) is 2. The molecule has 0 aliphatic heterocycles. The molecule has 5 nitrogen and oxygen atoms in total. The molecule has 0 amide bonds. The van der Waals surface area contributed by atoms with Gasteiger partial charge in [-0.1, -0.05) is 60.7 Å². The summed E-state index contributed by atoms with van der Waals surface area (Å²) in [5, 5.41) is 8.56. The molecule has 1 atom stereocenters. The van der Waals surface area contributed by atoms with Crippen LogP contribution < -0.4 is 0 Å². The zero-order chi connectivity index (χ0) is 17.2. The maximum atomic E-state index is 12.4. The molecule has 0 radical (unpaired) electrons. The topological polar surface area (TPSA) is 72.8 Å². The van der Waals surface area contributed by atoms with Crippen molar-refractivity contribution < 1.29 is 24.2 Å². The minimum absolute atomic E-state index is 0.0529. The van der Waals surface area contributed by atoms with Gasteiger partial charge in [0.05, 0.1) is 19.1 Å². The SMILES string of the molecule is O=C(O)OCCC(C(=O)OCCc1ccccc1)c1ccccc1. The van der Waals surface area contributed by atoms with Gasteiger partial charge in [-0.2, -0.15) is 0 Å². The van der Waals surface area contributed by atoms with E-state index in [0.717, 1.165) is 11.1 Å².